The Labute approximate surface area is 178 Å². The van der Waals surface area contributed by atoms with Gasteiger partial charge < -0.3 is 10.5 Å². The van der Waals surface area contributed by atoms with Gasteiger partial charge in [0, 0.05) is 28.8 Å². The Morgan fingerprint density at radius 1 is 1.35 bits per heavy atom. The fourth-order valence-electron chi connectivity index (χ4n) is 4.80. The standard InChI is InChI=1S/C21H22F3N3O3S/c1-30-18-16(15-7-10-12(8-25)21(23,24)5-4-14(10)31-15)13(22)6-11-17(18)27(9-2-3-9)20(29)26-19(11)28/h6-7,9,12-13,16H,2-5,8,25H2,1H3,(H,26,28,29). The van der Waals surface area contributed by atoms with Crippen molar-refractivity contribution in [1.82, 2.24) is 9.55 Å². The van der Waals surface area contributed by atoms with Gasteiger partial charge in [0.25, 0.3) is 11.5 Å². The first-order chi connectivity index (χ1) is 14.8. The Balaban J connectivity index is 1.74. The first-order valence-corrected chi connectivity index (χ1v) is 11.1. The van der Waals surface area contributed by atoms with E-state index in [9.17, 15) is 18.4 Å². The van der Waals surface area contributed by atoms with Crippen LogP contribution in [0.2, 0.25) is 0 Å². The minimum absolute atomic E-state index is 0.0692. The third-order valence-corrected chi connectivity index (χ3v) is 7.74. The molecule has 3 atom stereocenters. The molecule has 0 aliphatic heterocycles. The number of hydrogen-bond acceptors (Lipinski definition) is 5. The molecule has 0 saturated heterocycles. The molecule has 0 radical (unpaired) electrons. The van der Waals surface area contributed by atoms with Crippen molar-refractivity contribution in [3.63, 3.8) is 0 Å². The molecular formula is C21H22F3N3O3S. The van der Waals surface area contributed by atoms with E-state index in [1.807, 2.05) is 0 Å². The summed E-state index contributed by atoms with van der Waals surface area (Å²) in [6.45, 7) is -0.202. The number of nitrogens with two attached hydrogens (primary N) is 1. The number of thiophene rings is 1. The molecule has 2 aromatic rings. The van der Waals surface area contributed by atoms with Crippen molar-refractivity contribution in [2.75, 3.05) is 13.7 Å². The van der Waals surface area contributed by atoms with E-state index in [4.69, 9.17) is 10.5 Å². The Bertz CT molecular complexity index is 1290. The summed E-state index contributed by atoms with van der Waals surface area (Å²) in [7, 11) is 1.37. The normalized spacial score (nSPS) is 26.7. The van der Waals surface area contributed by atoms with Gasteiger partial charge >= 0.3 is 5.69 Å². The van der Waals surface area contributed by atoms with Crippen LogP contribution in [-0.2, 0) is 11.2 Å². The zero-order valence-corrected chi connectivity index (χ0v) is 17.6. The van der Waals surface area contributed by atoms with Gasteiger partial charge in [-0.1, -0.05) is 0 Å². The first kappa shape index (κ1) is 20.6. The molecule has 31 heavy (non-hydrogen) atoms. The lowest BCUT2D eigenvalue weighted by molar-refractivity contribution is -0.0381. The van der Waals surface area contributed by atoms with E-state index in [1.165, 1.54) is 29.1 Å². The summed E-state index contributed by atoms with van der Waals surface area (Å²) in [5.41, 5.74) is 4.89. The summed E-state index contributed by atoms with van der Waals surface area (Å²) >= 11 is 1.27. The van der Waals surface area contributed by atoms with Crippen molar-refractivity contribution in [3.05, 3.63) is 52.8 Å². The highest BCUT2D eigenvalue weighted by molar-refractivity contribution is 7.12. The minimum atomic E-state index is -2.91. The van der Waals surface area contributed by atoms with Crippen LogP contribution in [0.1, 0.15) is 52.5 Å². The molecule has 10 heteroatoms. The summed E-state index contributed by atoms with van der Waals surface area (Å²) in [6.07, 6.45) is 1.05. The highest BCUT2D eigenvalue weighted by atomic mass is 32.1. The van der Waals surface area contributed by atoms with Gasteiger partial charge in [0.05, 0.1) is 29.5 Å². The second-order valence-electron chi connectivity index (χ2n) is 8.36. The van der Waals surface area contributed by atoms with Crippen LogP contribution in [0.3, 0.4) is 0 Å². The minimum Gasteiger partial charge on any atom is -0.498 e. The number of methoxy groups -OCH3 is 1. The Hall–Kier alpha value is -2.33. The molecule has 0 bridgehead atoms. The first-order valence-electron chi connectivity index (χ1n) is 10.3. The lowest BCUT2D eigenvalue weighted by Crippen LogP contribution is -2.57. The molecule has 1 fully saturated rings. The van der Waals surface area contributed by atoms with Crippen LogP contribution >= 0.6 is 11.3 Å². The van der Waals surface area contributed by atoms with E-state index < -0.39 is 35.2 Å². The van der Waals surface area contributed by atoms with Crippen LogP contribution in [-0.4, -0.2) is 35.3 Å². The number of aromatic amines is 1. The van der Waals surface area contributed by atoms with Crippen LogP contribution in [0.15, 0.2) is 15.7 Å². The van der Waals surface area contributed by atoms with Crippen molar-refractivity contribution in [2.24, 2.45) is 5.73 Å². The topological polar surface area (TPSA) is 90.1 Å². The summed E-state index contributed by atoms with van der Waals surface area (Å²) in [4.78, 5) is 28.5. The number of ether oxygens (including phenoxy) is 1. The molecule has 1 saturated carbocycles. The largest absolute Gasteiger partial charge is 0.498 e. The summed E-state index contributed by atoms with van der Waals surface area (Å²) in [5, 5.41) is 0.351. The number of H-pyrrole nitrogens is 1. The number of nitrogens with zero attached hydrogens (tertiary/aromatic N) is 1. The van der Waals surface area contributed by atoms with Gasteiger partial charge in [-0.3, -0.25) is 14.3 Å². The quantitative estimate of drug-likeness (QED) is 0.729. The fourth-order valence-corrected chi connectivity index (χ4v) is 6.15. The number of aromatic nitrogens is 2. The Morgan fingerprint density at radius 3 is 2.74 bits per heavy atom. The molecule has 2 heterocycles. The average molecular weight is 453 g/mol. The van der Waals surface area contributed by atoms with Gasteiger partial charge in [0.1, 0.15) is 11.9 Å². The van der Waals surface area contributed by atoms with E-state index >= 15 is 4.39 Å². The zero-order chi connectivity index (χ0) is 22.1. The molecule has 0 aromatic carbocycles. The lowest BCUT2D eigenvalue weighted by atomic mass is 9.83. The molecule has 3 N–H and O–H groups in total. The maximum absolute atomic E-state index is 15.4. The van der Waals surface area contributed by atoms with E-state index in [0.29, 0.717) is 10.4 Å². The van der Waals surface area contributed by atoms with Crippen LogP contribution in [0.4, 0.5) is 13.2 Å². The predicted molar refractivity (Wildman–Crippen MR) is 111 cm³/mol. The summed E-state index contributed by atoms with van der Waals surface area (Å²) in [5.74, 6) is -4.77. The smallest absolute Gasteiger partial charge is 0.329 e. The van der Waals surface area contributed by atoms with Crippen molar-refractivity contribution in [2.45, 2.75) is 55.7 Å². The van der Waals surface area contributed by atoms with Crippen molar-refractivity contribution in [1.29, 1.82) is 0 Å². The van der Waals surface area contributed by atoms with Gasteiger partial charge in [-0.15, -0.1) is 11.3 Å². The molecule has 6 nitrogen and oxygen atoms in total. The number of aryl methyl sites for hydroxylation is 1. The molecule has 166 valence electrons. The molecule has 0 spiro atoms. The predicted octanol–water partition coefficient (Wildman–Crippen LogP) is 1.23. The molecule has 3 aliphatic rings. The van der Waals surface area contributed by atoms with Gasteiger partial charge in [-0.25, -0.2) is 18.0 Å². The van der Waals surface area contributed by atoms with Crippen LogP contribution in [0.5, 0.6) is 0 Å². The van der Waals surface area contributed by atoms with E-state index in [-0.39, 0.29) is 41.8 Å². The number of halogens is 3. The third kappa shape index (κ3) is 3.10. The maximum Gasteiger partial charge on any atom is 0.329 e. The van der Waals surface area contributed by atoms with E-state index in [0.717, 1.165) is 17.7 Å². The van der Waals surface area contributed by atoms with Crippen LogP contribution in [0, 0.1) is 0 Å². The molecular weight excluding hydrogens is 431 g/mol. The molecule has 0 amide bonds. The molecule has 3 aliphatic carbocycles. The van der Waals surface area contributed by atoms with Crippen LogP contribution in [0.25, 0.3) is 11.8 Å². The number of nitrogens with one attached hydrogen (secondary N) is 1. The van der Waals surface area contributed by atoms with Crippen molar-refractivity contribution in [3.8, 4) is 0 Å². The average Bonchev–Trinajstić information content (AvgIpc) is 3.45. The van der Waals surface area contributed by atoms with Gasteiger partial charge in [-0.05, 0) is 37.0 Å². The Morgan fingerprint density at radius 2 is 2.10 bits per heavy atom. The number of rotatable bonds is 4. The number of hydrogen-bond donors (Lipinski definition) is 2. The van der Waals surface area contributed by atoms with Crippen molar-refractivity contribution >= 4 is 23.2 Å². The summed E-state index contributed by atoms with van der Waals surface area (Å²) in [6, 6.07) is 1.53. The molecule has 2 aromatic heterocycles. The monoisotopic (exact) mass is 453 g/mol. The van der Waals surface area contributed by atoms with E-state index in [2.05, 4.69) is 4.98 Å². The maximum atomic E-state index is 15.4. The van der Waals surface area contributed by atoms with Crippen molar-refractivity contribution < 1.29 is 17.9 Å². The van der Waals surface area contributed by atoms with Gasteiger partial charge in [0.15, 0.2) is 0 Å². The van der Waals surface area contributed by atoms with Gasteiger partial charge in [-0.2, -0.15) is 0 Å². The molecule has 3 unspecified atom stereocenters. The Kier molecular flexibility index (Phi) is 4.71. The number of alkyl halides is 3. The highest BCUT2D eigenvalue weighted by Crippen LogP contribution is 2.48. The van der Waals surface area contributed by atoms with Gasteiger partial charge in [0.2, 0.25) is 0 Å². The molecule has 5 rings (SSSR count). The third-order valence-electron chi connectivity index (χ3n) is 6.45. The SMILES string of the molecule is COC1=c2c(c(=O)[nH]c(=O)n2C2CC2)=CC(F)C1c1cc2c(s1)CCC(F)(F)C2CN. The second-order valence-corrected chi connectivity index (χ2v) is 9.52. The highest BCUT2D eigenvalue weighted by Gasteiger charge is 2.45. The van der Waals surface area contributed by atoms with E-state index in [1.54, 1.807) is 6.07 Å². The lowest BCUT2D eigenvalue weighted by Gasteiger charge is -2.30. The second kappa shape index (κ2) is 7.09. The fraction of sp³-hybridized carbons (Fsp3) is 0.524. The number of fused-ring (bicyclic) bond motifs is 2. The summed E-state index contributed by atoms with van der Waals surface area (Å²) < 4.78 is 51.3. The van der Waals surface area contributed by atoms with Crippen LogP contribution < -0.4 is 27.6 Å². The zero-order valence-electron chi connectivity index (χ0n) is 16.8.